The molecule has 0 fully saturated rings. The van der Waals surface area contributed by atoms with Crippen molar-refractivity contribution in [2.45, 2.75) is 39.5 Å². The number of hydrogen-bond acceptors (Lipinski definition) is 1. The normalized spacial score (nSPS) is 13.2. The molecule has 1 aromatic heterocycles. The minimum absolute atomic E-state index is 0.900. The number of hydrogen-bond donors (Lipinski definition) is 0. The van der Waals surface area contributed by atoms with Crippen LogP contribution in [-0.4, -0.2) is 0 Å². The smallest absolute Gasteiger partial charge is 0.00453 e. The van der Waals surface area contributed by atoms with E-state index in [0.717, 1.165) is 5.92 Å². The average molecular weight is 182 g/mol. The van der Waals surface area contributed by atoms with Crippen LogP contribution in [0.15, 0.2) is 17.5 Å². The van der Waals surface area contributed by atoms with Gasteiger partial charge in [-0.2, -0.15) is 0 Å². The predicted molar refractivity (Wildman–Crippen MR) is 56.7 cm³/mol. The van der Waals surface area contributed by atoms with Crippen molar-refractivity contribution in [3.63, 3.8) is 0 Å². The van der Waals surface area contributed by atoms with Gasteiger partial charge in [-0.25, -0.2) is 0 Å². The molecule has 1 heteroatoms. The van der Waals surface area contributed by atoms with E-state index >= 15 is 0 Å². The van der Waals surface area contributed by atoms with Gasteiger partial charge < -0.3 is 0 Å². The summed E-state index contributed by atoms with van der Waals surface area (Å²) in [4.78, 5) is 1.54. The summed E-state index contributed by atoms with van der Waals surface area (Å²) in [7, 11) is 0. The van der Waals surface area contributed by atoms with E-state index in [1.165, 1.54) is 30.6 Å². The van der Waals surface area contributed by atoms with Crippen molar-refractivity contribution < 1.29 is 0 Å². The molecule has 0 nitrogen and oxygen atoms in total. The Balaban J connectivity index is 2.17. The highest BCUT2D eigenvalue weighted by Crippen LogP contribution is 2.17. The number of rotatable bonds is 5. The highest BCUT2D eigenvalue weighted by atomic mass is 32.1. The highest BCUT2D eigenvalue weighted by molar-refractivity contribution is 7.09. The van der Waals surface area contributed by atoms with Gasteiger partial charge in [0.2, 0.25) is 0 Å². The second kappa shape index (κ2) is 5.36. The first kappa shape index (κ1) is 9.79. The van der Waals surface area contributed by atoms with E-state index in [4.69, 9.17) is 0 Å². The standard InChI is InChI=1S/C11H18S/c1-3-5-10(2)7-8-11-6-4-9-12-11/h4,6,9-10H,3,5,7-8H2,1-2H3. The lowest BCUT2D eigenvalue weighted by Gasteiger charge is -2.07. The fourth-order valence-electron chi connectivity index (χ4n) is 1.48. The zero-order chi connectivity index (χ0) is 8.81. The second-order valence-corrected chi connectivity index (χ2v) is 4.54. The molecule has 0 N–H and O–H groups in total. The summed E-state index contributed by atoms with van der Waals surface area (Å²) in [6.45, 7) is 4.62. The molecule has 0 aliphatic carbocycles. The molecule has 1 unspecified atom stereocenters. The third-order valence-electron chi connectivity index (χ3n) is 2.25. The molecule has 0 saturated heterocycles. The van der Waals surface area contributed by atoms with Crippen LogP contribution in [0.1, 0.15) is 38.0 Å². The maximum Gasteiger partial charge on any atom is 0.00453 e. The second-order valence-electron chi connectivity index (χ2n) is 3.51. The molecule has 0 spiro atoms. The molecule has 0 amide bonds. The van der Waals surface area contributed by atoms with E-state index in [0.29, 0.717) is 0 Å². The Bertz CT molecular complexity index is 189. The van der Waals surface area contributed by atoms with Gasteiger partial charge in [-0.05, 0) is 30.2 Å². The topological polar surface area (TPSA) is 0 Å². The van der Waals surface area contributed by atoms with Crippen LogP contribution in [0.5, 0.6) is 0 Å². The molecule has 1 rings (SSSR count). The highest BCUT2D eigenvalue weighted by Gasteiger charge is 2.01. The van der Waals surface area contributed by atoms with Crippen LogP contribution in [0, 0.1) is 5.92 Å². The summed E-state index contributed by atoms with van der Waals surface area (Å²) in [5.74, 6) is 0.900. The third-order valence-corrected chi connectivity index (χ3v) is 3.18. The van der Waals surface area contributed by atoms with Crippen molar-refractivity contribution in [1.82, 2.24) is 0 Å². The van der Waals surface area contributed by atoms with Crippen molar-refractivity contribution in [2.75, 3.05) is 0 Å². The van der Waals surface area contributed by atoms with Crippen LogP contribution in [0.3, 0.4) is 0 Å². The minimum atomic E-state index is 0.900. The maximum atomic E-state index is 2.36. The molecule has 0 aromatic carbocycles. The maximum absolute atomic E-state index is 2.36. The molecule has 0 aliphatic rings. The number of aryl methyl sites for hydroxylation is 1. The molecular weight excluding hydrogens is 164 g/mol. The van der Waals surface area contributed by atoms with Crippen LogP contribution in [0.2, 0.25) is 0 Å². The Morgan fingerprint density at radius 2 is 2.25 bits per heavy atom. The summed E-state index contributed by atoms with van der Waals surface area (Å²) in [5.41, 5.74) is 0. The lowest BCUT2D eigenvalue weighted by atomic mass is 10.00. The quantitative estimate of drug-likeness (QED) is 0.642. The van der Waals surface area contributed by atoms with Gasteiger partial charge in [-0.15, -0.1) is 11.3 Å². The molecule has 68 valence electrons. The zero-order valence-electron chi connectivity index (χ0n) is 8.05. The van der Waals surface area contributed by atoms with Gasteiger partial charge in [0, 0.05) is 4.88 Å². The summed E-state index contributed by atoms with van der Waals surface area (Å²) in [5, 5.41) is 2.17. The molecule has 0 bridgehead atoms. The lowest BCUT2D eigenvalue weighted by Crippen LogP contribution is -1.95. The molecule has 0 saturated carbocycles. The van der Waals surface area contributed by atoms with Crippen molar-refractivity contribution in [3.8, 4) is 0 Å². The summed E-state index contributed by atoms with van der Waals surface area (Å²) >= 11 is 1.88. The minimum Gasteiger partial charge on any atom is -0.149 e. The summed E-state index contributed by atoms with van der Waals surface area (Å²) in [6, 6.07) is 4.38. The van der Waals surface area contributed by atoms with E-state index in [-0.39, 0.29) is 0 Å². The van der Waals surface area contributed by atoms with Gasteiger partial charge in [-0.3, -0.25) is 0 Å². The Labute approximate surface area is 79.6 Å². The average Bonchev–Trinajstić information content (AvgIpc) is 2.53. The van der Waals surface area contributed by atoms with Gasteiger partial charge in [0.1, 0.15) is 0 Å². The van der Waals surface area contributed by atoms with Crippen LogP contribution >= 0.6 is 11.3 Å². The van der Waals surface area contributed by atoms with E-state index in [2.05, 4.69) is 31.4 Å². The van der Waals surface area contributed by atoms with Crippen LogP contribution in [0.25, 0.3) is 0 Å². The van der Waals surface area contributed by atoms with Crippen molar-refractivity contribution in [1.29, 1.82) is 0 Å². The zero-order valence-corrected chi connectivity index (χ0v) is 8.86. The fourth-order valence-corrected chi connectivity index (χ4v) is 2.21. The fraction of sp³-hybridized carbons (Fsp3) is 0.636. The first-order valence-corrected chi connectivity index (χ1v) is 5.73. The van der Waals surface area contributed by atoms with Crippen LogP contribution in [0.4, 0.5) is 0 Å². The Kier molecular flexibility index (Phi) is 4.37. The Morgan fingerprint density at radius 1 is 1.42 bits per heavy atom. The molecule has 1 aromatic rings. The van der Waals surface area contributed by atoms with Gasteiger partial charge in [0.15, 0.2) is 0 Å². The van der Waals surface area contributed by atoms with E-state index in [1.807, 2.05) is 11.3 Å². The number of thiophene rings is 1. The first-order chi connectivity index (χ1) is 5.83. The third kappa shape index (κ3) is 3.40. The molecule has 0 radical (unpaired) electrons. The predicted octanol–water partition coefficient (Wildman–Crippen LogP) is 4.12. The van der Waals surface area contributed by atoms with Crippen LogP contribution in [-0.2, 0) is 6.42 Å². The van der Waals surface area contributed by atoms with E-state index in [1.54, 1.807) is 0 Å². The van der Waals surface area contributed by atoms with E-state index in [9.17, 15) is 0 Å². The molecule has 1 atom stereocenters. The summed E-state index contributed by atoms with van der Waals surface area (Å²) < 4.78 is 0. The molecular formula is C11H18S. The molecule has 1 heterocycles. The van der Waals surface area contributed by atoms with Gasteiger partial charge in [-0.1, -0.05) is 32.8 Å². The Morgan fingerprint density at radius 3 is 2.83 bits per heavy atom. The van der Waals surface area contributed by atoms with Crippen LogP contribution < -0.4 is 0 Å². The molecule has 12 heavy (non-hydrogen) atoms. The van der Waals surface area contributed by atoms with Gasteiger partial charge in [0.25, 0.3) is 0 Å². The SMILES string of the molecule is CCCC(C)CCc1cccs1. The van der Waals surface area contributed by atoms with Crippen molar-refractivity contribution in [2.24, 2.45) is 5.92 Å². The molecule has 0 aliphatic heterocycles. The first-order valence-electron chi connectivity index (χ1n) is 4.85. The van der Waals surface area contributed by atoms with Gasteiger partial charge >= 0.3 is 0 Å². The van der Waals surface area contributed by atoms with Gasteiger partial charge in [0.05, 0.1) is 0 Å². The Hall–Kier alpha value is -0.300. The lowest BCUT2D eigenvalue weighted by molar-refractivity contribution is 0.488. The largest absolute Gasteiger partial charge is 0.149 e. The van der Waals surface area contributed by atoms with Crippen molar-refractivity contribution in [3.05, 3.63) is 22.4 Å². The monoisotopic (exact) mass is 182 g/mol. The summed E-state index contributed by atoms with van der Waals surface area (Å²) in [6.07, 6.45) is 5.34. The van der Waals surface area contributed by atoms with E-state index < -0.39 is 0 Å². The van der Waals surface area contributed by atoms with Crippen molar-refractivity contribution >= 4 is 11.3 Å².